The van der Waals surface area contributed by atoms with Gasteiger partial charge >= 0.3 is 11.8 Å². The molecule has 1 aliphatic rings. The molecule has 3 amide bonds. The molecule has 0 aliphatic carbocycles. The number of nitrogens with zero attached hydrogens (tertiary/aromatic N) is 1. The van der Waals surface area contributed by atoms with E-state index in [4.69, 9.17) is 4.74 Å². The number of benzene rings is 2. The summed E-state index contributed by atoms with van der Waals surface area (Å²) in [4.78, 5) is 38.0. The molecule has 2 N–H and O–H groups in total. The SMILES string of the molecule is CN1C(=O)[C@@H](NC(=O)C(=O)Nc2ccccc2)COc2ccccc21. The van der Waals surface area contributed by atoms with Gasteiger partial charge < -0.3 is 20.3 Å². The number of hydrogen-bond donors (Lipinski definition) is 2. The summed E-state index contributed by atoms with van der Waals surface area (Å²) in [6.45, 7) is -0.0510. The third kappa shape index (κ3) is 3.60. The summed E-state index contributed by atoms with van der Waals surface area (Å²) in [5.41, 5.74) is 1.11. The van der Waals surface area contributed by atoms with Crippen molar-refractivity contribution in [2.24, 2.45) is 0 Å². The van der Waals surface area contributed by atoms with Crippen molar-refractivity contribution < 1.29 is 19.1 Å². The molecule has 0 unspecified atom stereocenters. The van der Waals surface area contributed by atoms with Gasteiger partial charge in [0.05, 0.1) is 5.69 Å². The maximum absolute atomic E-state index is 12.5. The van der Waals surface area contributed by atoms with E-state index >= 15 is 0 Å². The van der Waals surface area contributed by atoms with E-state index < -0.39 is 17.9 Å². The molecule has 0 fully saturated rings. The Balaban J connectivity index is 1.67. The van der Waals surface area contributed by atoms with Crippen LogP contribution in [0.2, 0.25) is 0 Å². The third-order valence-corrected chi connectivity index (χ3v) is 3.80. The van der Waals surface area contributed by atoms with Gasteiger partial charge in [0.25, 0.3) is 5.91 Å². The van der Waals surface area contributed by atoms with Crippen LogP contribution in [0.1, 0.15) is 0 Å². The van der Waals surface area contributed by atoms with Gasteiger partial charge in [-0.15, -0.1) is 0 Å². The molecule has 3 rings (SSSR count). The van der Waals surface area contributed by atoms with E-state index in [9.17, 15) is 14.4 Å². The highest BCUT2D eigenvalue weighted by atomic mass is 16.5. The largest absolute Gasteiger partial charge is 0.489 e. The van der Waals surface area contributed by atoms with E-state index in [1.807, 2.05) is 0 Å². The maximum Gasteiger partial charge on any atom is 0.313 e. The lowest BCUT2D eigenvalue weighted by molar-refractivity contribution is -0.137. The molecule has 7 heteroatoms. The van der Waals surface area contributed by atoms with Crippen LogP contribution in [0.15, 0.2) is 54.6 Å². The van der Waals surface area contributed by atoms with Gasteiger partial charge in [0, 0.05) is 12.7 Å². The molecule has 2 aromatic carbocycles. The molecule has 0 bridgehead atoms. The van der Waals surface area contributed by atoms with Crippen LogP contribution in [-0.2, 0) is 14.4 Å². The Hall–Kier alpha value is -3.35. The Labute approximate surface area is 144 Å². The average molecular weight is 339 g/mol. The smallest absolute Gasteiger partial charge is 0.313 e. The zero-order valence-electron chi connectivity index (χ0n) is 13.6. The lowest BCUT2D eigenvalue weighted by Gasteiger charge is -2.20. The van der Waals surface area contributed by atoms with E-state index in [0.29, 0.717) is 17.1 Å². The Kier molecular flexibility index (Phi) is 4.65. The average Bonchev–Trinajstić information content (AvgIpc) is 2.75. The van der Waals surface area contributed by atoms with Crippen LogP contribution in [0.3, 0.4) is 0 Å². The first-order valence-corrected chi connectivity index (χ1v) is 7.72. The highest BCUT2D eigenvalue weighted by molar-refractivity contribution is 6.40. The van der Waals surface area contributed by atoms with Crippen molar-refractivity contribution in [3.8, 4) is 5.75 Å². The molecule has 2 aromatic rings. The molecule has 0 aromatic heterocycles. The van der Waals surface area contributed by atoms with Gasteiger partial charge in [-0.05, 0) is 24.3 Å². The van der Waals surface area contributed by atoms with Crippen molar-refractivity contribution in [1.29, 1.82) is 0 Å². The minimum absolute atomic E-state index is 0.0510. The zero-order chi connectivity index (χ0) is 17.8. The van der Waals surface area contributed by atoms with Gasteiger partial charge in [-0.25, -0.2) is 0 Å². The topological polar surface area (TPSA) is 87.7 Å². The molecule has 1 heterocycles. The molecule has 1 atom stereocenters. The Morgan fingerprint density at radius 1 is 1.04 bits per heavy atom. The number of para-hydroxylation sites is 3. The van der Waals surface area contributed by atoms with E-state index in [1.165, 1.54) is 4.90 Å². The molecule has 0 saturated heterocycles. The van der Waals surface area contributed by atoms with Gasteiger partial charge in [0.1, 0.15) is 18.4 Å². The Morgan fingerprint density at radius 2 is 1.72 bits per heavy atom. The highest BCUT2D eigenvalue weighted by Crippen LogP contribution is 2.29. The van der Waals surface area contributed by atoms with Crippen LogP contribution in [0.4, 0.5) is 11.4 Å². The molecule has 0 saturated carbocycles. The molecule has 0 spiro atoms. The molecule has 1 aliphatic heterocycles. The van der Waals surface area contributed by atoms with Crippen molar-refractivity contribution in [3.05, 3.63) is 54.6 Å². The van der Waals surface area contributed by atoms with Crippen molar-refractivity contribution in [2.75, 3.05) is 23.9 Å². The molecule has 25 heavy (non-hydrogen) atoms. The van der Waals surface area contributed by atoms with Crippen molar-refractivity contribution in [2.45, 2.75) is 6.04 Å². The Morgan fingerprint density at radius 3 is 2.48 bits per heavy atom. The van der Waals surface area contributed by atoms with E-state index in [0.717, 1.165) is 0 Å². The van der Waals surface area contributed by atoms with Gasteiger partial charge in [-0.2, -0.15) is 0 Å². The van der Waals surface area contributed by atoms with Crippen LogP contribution in [0.5, 0.6) is 5.75 Å². The number of nitrogens with one attached hydrogen (secondary N) is 2. The monoisotopic (exact) mass is 339 g/mol. The van der Waals surface area contributed by atoms with Crippen LogP contribution in [0.25, 0.3) is 0 Å². The highest BCUT2D eigenvalue weighted by Gasteiger charge is 2.31. The normalized spacial score (nSPS) is 16.3. The molecule has 128 valence electrons. The van der Waals surface area contributed by atoms with Crippen molar-refractivity contribution >= 4 is 29.1 Å². The molecular weight excluding hydrogens is 322 g/mol. The second kappa shape index (κ2) is 7.04. The number of likely N-dealkylation sites (N-methyl/N-ethyl adjacent to an activating group) is 1. The van der Waals surface area contributed by atoms with E-state index in [2.05, 4.69) is 10.6 Å². The number of ether oxygens (including phenoxy) is 1. The summed E-state index contributed by atoms with van der Waals surface area (Å²) >= 11 is 0. The lowest BCUT2D eigenvalue weighted by Crippen LogP contribution is -2.52. The minimum atomic E-state index is -0.952. The van der Waals surface area contributed by atoms with Crippen molar-refractivity contribution in [3.63, 3.8) is 0 Å². The zero-order valence-corrected chi connectivity index (χ0v) is 13.6. The summed E-state index contributed by atoms with van der Waals surface area (Å²) in [6, 6.07) is 14.7. The second-order valence-electron chi connectivity index (χ2n) is 5.52. The Bertz CT molecular complexity index is 807. The summed E-state index contributed by atoms with van der Waals surface area (Å²) in [6.07, 6.45) is 0. The predicted molar refractivity (Wildman–Crippen MR) is 92.3 cm³/mol. The summed E-state index contributed by atoms with van der Waals surface area (Å²) < 4.78 is 5.59. The van der Waals surface area contributed by atoms with Crippen LogP contribution in [0, 0.1) is 0 Å². The first-order chi connectivity index (χ1) is 12.1. The van der Waals surface area contributed by atoms with Gasteiger partial charge in [-0.1, -0.05) is 30.3 Å². The number of amides is 3. The van der Waals surface area contributed by atoms with Gasteiger partial charge in [0.2, 0.25) is 0 Å². The minimum Gasteiger partial charge on any atom is -0.489 e. The molecule has 7 nitrogen and oxygen atoms in total. The standard InChI is InChI=1S/C18H17N3O4/c1-21-14-9-5-6-10-15(14)25-11-13(18(21)24)20-17(23)16(22)19-12-7-3-2-4-8-12/h2-10,13H,11H2,1H3,(H,19,22)(H,20,23)/t13-/m0/s1. The summed E-state index contributed by atoms with van der Waals surface area (Å²) in [5.74, 6) is -1.55. The number of hydrogen-bond acceptors (Lipinski definition) is 4. The van der Waals surface area contributed by atoms with Gasteiger partial charge in [0.15, 0.2) is 0 Å². The lowest BCUT2D eigenvalue weighted by atomic mass is 10.2. The number of carbonyl (C=O) groups is 3. The van der Waals surface area contributed by atoms with E-state index in [1.54, 1.807) is 61.6 Å². The first kappa shape index (κ1) is 16.5. The quantitative estimate of drug-likeness (QED) is 0.804. The molecule has 0 radical (unpaired) electrons. The number of rotatable bonds is 2. The fraction of sp³-hybridized carbons (Fsp3) is 0.167. The van der Waals surface area contributed by atoms with Crippen molar-refractivity contribution in [1.82, 2.24) is 5.32 Å². The third-order valence-electron chi connectivity index (χ3n) is 3.80. The van der Waals surface area contributed by atoms with Crippen LogP contribution >= 0.6 is 0 Å². The summed E-state index contributed by atoms with van der Waals surface area (Å²) in [7, 11) is 1.60. The second-order valence-corrected chi connectivity index (χ2v) is 5.52. The van der Waals surface area contributed by atoms with Crippen LogP contribution < -0.4 is 20.3 Å². The van der Waals surface area contributed by atoms with Crippen LogP contribution in [-0.4, -0.2) is 37.4 Å². The fourth-order valence-electron chi connectivity index (χ4n) is 2.49. The fourth-order valence-corrected chi connectivity index (χ4v) is 2.49. The van der Waals surface area contributed by atoms with Gasteiger partial charge in [-0.3, -0.25) is 14.4 Å². The molecular formula is C18H17N3O4. The summed E-state index contributed by atoms with van der Waals surface area (Å²) in [5, 5.41) is 4.90. The number of anilines is 2. The first-order valence-electron chi connectivity index (χ1n) is 7.72. The number of carbonyl (C=O) groups excluding carboxylic acids is 3. The number of fused-ring (bicyclic) bond motifs is 1. The maximum atomic E-state index is 12.5. The van der Waals surface area contributed by atoms with E-state index in [-0.39, 0.29) is 12.5 Å². The predicted octanol–water partition coefficient (Wildman–Crippen LogP) is 1.17.